The third-order valence-electron chi connectivity index (χ3n) is 4.33. The quantitative estimate of drug-likeness (QED) is 0.673. The van der Waals surface area contributed by atoms with Crippen molar-refractivity contribution in [2.75, 3.05) is 5.32 Å². The largest absolute Gasteiger partial charge is 0.324 e. The second kappa shape index (κ2) is 8.40. The maximum Gasteiger partial charge on any atom is 0.267 e. The number of sulfone groups is 1. The number of amides is 1. The minimum Gasteiger partial charge on any atom is -0.324 e. The van der Waals surface area contributed by atoms with E-state index >= 15 is 0 Å². The third kappa shape index (κ3) is 4.78. The van der Waals surface area contributed by atoms with Crippen molar-refractivity contribution in [3.8, 4) is 0 Å². The maximum absolute atomic E-state index is 12.7. The molecule has 3 rings (SSSR count). The zero-order chi connectivity index (χ0) is 21.0. The van der Waals surface area contributed by atoms with Gasteiger partial charge < -0.3 is 5.32 Å². The summed E-state index contributed by atoms with van der Waals surface area (Å²) >= 11 is 0. The Labute approximate surface area is 168 Å². The molecule has 0 aliphatic heterocycles. The first-order chi connectivity index (χ1) is 13.8. The van der Waals surface area contributed by atoms with Crippen LogP contribution in [-0.2, 0) is 21.2 Å². The van der Waals surface area contributed by atoms with E-state index in [1.54, 1.807) is 30.3 Å². The average molecular weight is 411 g/mol. The molecule has 0 spiro atoms. The number of anilines is 1. The summed E-state index contributed by atoms with van der Waals surface area (Å²) in [6, 6.07) is 17.4. The lowest BCUT2D eigenvalue weighted by Gasteiger charge is -2.10. The number of rotatable bonds is 6. The standard InChI is InChI=1S/C21H21N3O4S/c1-15(2)16-8-10-17(11-9-16)22-19(25)14-24-21(26)13-12-20(23-24)29(27,28)18-6-4-3-5-7-18/h3-13,15H,14H2,1-2H3,(H,22,25). The first-order valence-electron chi connectivity index (χ1n) is 9.05. The molecule has 0 saturated carbocycles. The van der Waals surface area contributed by atoms with Crippen molar-refractivity contribution >= 4 is 21.4 Å². The zero-order valence-corrected chi connectivity index (χ0v) is 16.9. The third-order valence-corrected chi connectivity index (χ3v) is 5.99. The van der Waals surface area contributed by atoms with Crippen molar-refractivity contribution in [2.24, 2.45) is 0 Å². The fraction of sp³-hybridized carbons (Fsp3) is 0.190. The molecule has 0 saturated heterocycles. The highest BCUT2D eigenvalue weighted by Crippen LogP contribution is 2.18. The van der Waals surface area contributed by atoms with Gasteiger partial charge in [-0.3, -0.25) is 9.59 Å². The normalized spacial score (nSPS) is 11.4. The fourth-order valence-corrected chi connectivity index (χ4v) is 3.91. The van der Waals surface area contributed by atoms with E-state index in [0.29, 0.717) is 11.6 Å². The van der Waals surface area contributed by atoms with Gasteiger partial charge in [-0.15, -0.1) is 0 Å². The van der Waals surface area contributed by atoms with E-state index in [2.05, 4.69) is 24.3 Å². The molecule has 150 valence electrons. The van der Waals surface area contributed by atoms with Crippen LogP contribution in [0.3, 0.4) is 0 Å². The molecule has 0 atom stereocenters. The summed E-state index contributed by atoms with van der Waals surface area (Å²) in [5.41, 5.74) is 1.16. The van der Waals surface area contributed by atoms with E-state index in [4.69, 9.17) is 0 Å². The number of hydrogen-bond acceptors (Lipinski definition) is 5. The fourth-order valence-electron chi connectivity index (χ4n) is 2.70. The molecule has 0 bridgehead atoms. The molecule has 1 heterocycles. The van der Waals surface area contributed by atoms with Gasteiger partial charge in [-0.1, -0.05) is 44.2 Å². The number of benzene rings is 2. The Hall–Kier alpha value is -3.26. The van der Waals surface area contributed by atoms with Crippen molar-refractivity contribution < 1.29 is 13.2 Å². The van der Waals surface area contributed by atoms with Crippen LogP contribution in [0.5, 0.6) is 0 Å². The van der Waals surface area contributed by atoms with Crippen molar-refractivity contribution in [3.05, 3.63) is 82.6 Å². The van der Waals surface area contributed by atoms with Crippen LogP contribution in [0.15, 0.2) is 81.4 Å². The van der Waals surface area contributed by atoms with Crippen LogP contribution in [0.4, 0.5) is 5.69 Å². The SMILES string of the molecule is CC(C)c1ccc(NC(=O)Cn2nc(S(=O)(=O)c3ccccc3)ccc2=O)cc1. The van der Waals surface area contributed by atoms with E-state index < -0.39 is 27.8 Å². The van der Waals surface area contributed by atoms with Crippen LogP contribution in [0.25, 0.3) is 0 Å². The average Bonchev–Trinajstić information content (AvgIpc) is 2.70. The van der Waals surface area contributed by atoms with Crippen LogP contribution in [0.2, 0.25) is 0 Å². The molecular formula is C21H21N3O4S. The molecule has 8 heteroatoms. The van der Waals surface area contributed by atoms with Gasteiger partial charge in [-0.05, 0) is 41.8 Å². The molecule has 1 amide bonds. The monoisotopic (exact) mass is 411 g/mol. The molecule has 1 aromatic heterocycles. The lowest BCUT2D eigenvalue weighted by atomic mass is 10.0. The Morgan fingerprint density at radius 1 is 1.00 bits per heavy atom. The van der Waals surface area contributed by atoms with E-state index in [0.717, 1.165) is 22.4 Å². The minimum atomic E-state index is -3.89. The Kier molecular flexibility index (Phi) is 5.93. The minimum absolute atomic E-state index is 0.0624. The number of hydrogen-bond donors (Lipinski definition) is 1. The molecular weight excluding hydrogens is 390 g/mol. The van der Waals surface area contributed by atoms with Gasteiger partial charge in [0.25, 0.3) is 5.56 Å². The van der Waals surface area contributed by atoms with Gasteiger partial charge in [0.05, 0.1) is 4.90 Å². The number of carbonyl (C=O) groups is 1. The summed E-state index contributed by atoms with van der Waals surface area (Å²) in [6.45, 7) is 3.74. The summed E-state index contributed by atoms with van der Waals surface area (Å²) in [4.78, 5) is 24.5. The predicted molar refractivity (Wildman–Crippen MR) is 110 cm³/mol. The topological polar surface area (TPSA) is 98.1 Å². The molecule has 0 aliphatic rings. The van der Waals surface area contributed by atoms with Crippen LogP contribution in [0.1, 0.15) is 25.3 Å². The van der Waals surface area contributed by atoms with Crippen molar-refractivity contribution in [1.82, 2.24) is 9.78 Å². The van der Waals surface area contributed by atoms with Gasteiger partial charge in [0, 0.05) is 11.8 Å². The van der Waals surface area contributed by atoms with Crippen molar-refractivity contribution in [3.63, 3.8) is 0 Å². The highest BCUT2D eigenvalue weighted by atomic mass is 32.2. The summed E-state index contributed by atoms with van der Waals surface area (Å²) in [7, 11) is -3.89. The highest BCUT2D eigenvalue weighted by Gasteiger charge is 2.20. The van der Waals surface area contributed by atoms with Gasteiger partial charge in [-0.2, -0.15) is 5.10 Å². The smallest absolute Gasteiger partial charge is 0.267 e. The molecule has 2 aromatic carbocycles. The second-order valence-corrected chi connectivity index (χ2v) is 8.71. The van der Waals surface area contributed by atoms with E-state index in [1.807, 2.05) is 12.1 Å². The van der Waals surface area contributed by atoms with E-state index in [-0.39, 0.29) is 9.92 Å². The Bertz CT molecular complexity index is 1170. The molecule has 7 nitrogen and oxygen atoms in total. The van der Waals surface area contributed by atoms with Crippen molar-refractivity contribution in [1.29, 1.82) is 0 Å². The molecule has 0 unspecified atom stereocenters. The van der Waals surface area contributed by atoms with Crippen LogP contribution in [-0.4, -0.2) is 24.1 Å². The number of nitrogens with one attached hydrogen (secondary N) is 1. The first-order valence-corrected chi connectivity index (χ1v) is 10.5. The first kappa shape index (κ1) is 20.5. The maximum atomic E-state index is 12.7. The molecule has 3 aromatic rings. The summed E-state index contributed by atoms with van der Waals surface area (Å²) in [5, 5.41) is 6.29. The summed E-state index contributed by atoms with van der Waals surface area (Å²) in [5.74, 6) is -0.108. The van der Waals surface area contributed by atoms with Gasteiger partial charge in [0.2, 0.25) is 15.7 Å². The predicted octanol–water partition coefficient (Wildman–Crippen LogP) is 2.84. The Morgan fingerprint density at radius 3 is 2.28 bits per heavy atom. The van der Waals surface area contributed by atoms with Crippen LogP contribution < -0.4 is 10.9 Å². The number of nitrogens with zero attached hydrogens (tertiary/aromatic N) is 2. The van der Waals surface area contributed by atoms with Gasteiger partial charge in [-0.25, -0.2) is 13.1 Å². The van der Waals surface area contributed by atoms with Crippen LogP contribution in [0, 0.1) is 0 Å². The Balaban J connectivity index is 1.80. The molecule has 0 radical (unpaired) electrons. The van der Waals surface area contributed by atoms with Gasteiger partial charge in [0.1, 0.15) is 6.54 Å². The summed E-state index contributed by atoms with van der Waals surface area (Å²) < 4.78 is 26.2. The van der Waals surface area contributed by atoms with Crippen molar-refractivity contribution in [2.45, 2.75) is 36.2 Å². The number of aromatic nitrogens is 2. The van der Waals surface area contributed by atoms with Gasteiger partial charge >= 0.3 is 0 Å². The van der Waals surface area contributed by atoms with E-state index in [1.165, 1.54) is 12.1 Å². The van der Waals surface area contributed by atoms with Crippen LogP contribution >= 0.6 is 0 Å². The van der Waals surface area contributed by atoms with Gasteiger partial charge in [0.15, 0.2) is 5.03 Å². The molecule has 1 N–H and O–H groups in total. The Morgan fingerprint density at radius 2 is 1.66 bits per heavy atom. The molecule has 0 aliphatic carbocycles. The second-order valence-electron chi connectivity index (χ2n) is 6.81. The number of carbonyl (C=O) groups excluding carboxylic acids is 1. The molecule has 0 fully saturated rings. The lowest BCUT2D eigenvalue weighted by molar-refractivity contribution is -0.117. The van der Waals surface area contributed by atoms with E-state index in [9.17, 15) is 18.0 Å². The molecule has 29 heavy (non-hydrogen) atoms. The lowest BCUT2D eigenvalue weighted by Crippen LogP contribution is -2.30. The summed E-state index contributed by atoms with van der Waals surface area (Å²) in [6.07, 6.45) is 0. The zero-order valence-electron chi connectivity index (χ0n) is 16.1. The highest BCUT2D eigenvalue weighted by molar-refractivity contribution is 7.91.